The third kappa shape index (κ3) is 6.68. The van der Waals surface area contributed by atoms with E-state index in [0.717, 1.165) is 19.3 Å². The molecule has 0 radical (unpaired) electrons. The zero-order valence-corrected chi connectivity index (χ0v) is 40.3. The first-order chi connectivity index (χ1) is 29.6. The number of aromatic nitrogens is 1. The van der Waals surface area contributed by atoms with Gasteiger partial charge in [-0.05, 0) is 116 Å². The highest BCUT2D eigenvalue weighted by atomic mass is 15.2. The van der Waals surface area contributed by atoms with Crippen molar-refractivity contribution in [2.45, 2.75) is 126 Å². The number of nitrogens with zero attached hydrogens (tertiary/aromatic N) is 3. The summed E-state index contributed by atoms with van der Waals surface area (Å²) in [5.74, 6) is 0.427. The first kappa shape index (κ1) is 41.8. The predicted octanol–water partition coefficient (Wildman–Crippen LogP) is 15.1. The van der Waals surface area contributed by atoms with Crippen molar-refractivity contribution in [3.63, 3.8) is 0 Å². The Labute approximate surface area is 378 Å². The van der Waals surface area contributed by atoms with Gasteiger partial charge in [-0.3, -0.25) is 0 Å². The largest absolute Gasteiger partial charge is 0.333 e. The van der Waals surface area contributed by atoms with E-state index in [1.54, 1.807) is 5.47 Å². The average molecular weight is 830 g/mol. The monoisotopic (exact) mass is 830 g/mol. The Bertz CT molecular complexity index is 2830. The lowest BCUT2D eigenvalue weighted by molar-refractivity contribution is 0.169. The summed E-state index contributed by atoms with van der Waals surface area (Å²) in [5, 5.41) is 2.63. The number of anilines is 2. The molecule has 5 aromatic rings. The van der Waals surface area contributed by atoms with Gasteiger partial charge in [0.25, 0.3) is 0 Å². The van der Waals surface area contributed by atoms with Crippen LogP contribution in [0, 0.1) is 22.2 Å². The van der Waals surface area contributed by atoms with Gasteiger partial charge < -0.3 is 14.4 Å². The highest BCUT2D eigenvalue weighted by molar-refractivity contribution is 6.89. The van der Waals surface area contributed by atoms with E-state index in [4.69, 9.17) is 0 Å². The predicted molar refractivity (Wildman–Crippen MR) is 272 cm³/mol. The van der Waals surface area contributed by atoms with Crippen LogP contribution in [0.2, 0.25) is 0 Å². The van der Waals surface area contributed by atoms with Crippen LogP contribution in [0.15, 0.2) is 161 Å². The zero-order chi connectivity index (χ0) is 44.6. The summed E-state index contributed by atoms with van der Waals surface area (Å²) in [5.41, 5.74) is 18.2. The number of rotatable bonds is 3. The van der Waals surface area contributed by atoms with Gasteiger partial charge in [-0.1, -0.05) is 174 Å². The van der Waals surface area contributed by atoms with Crippen LogP contribution in [0.25, 0.3) is 21.8 Å². The molecule has 4 aromatic carbocycles. The molecule has 5 aliphatic rings. The van der Waals surface area contributed by atoms with Crippen molar-refractivity contribution in [1.29, 1.82) is 0 Å². The number of hydrogen-bond donors (Lipinski definition) is 0. The third-order valence-electron chi connectivity index (χ3n) is 15.8. The molecule has 3 heterocycles. The molecule has 4 heteroatoms. The van der Waals surface area contributed by atoms with E-state index >= 15 is 0 Å². The summed E-state index contributed by atoms with van der Waals surface area (Å²) in [4.78, 5) is 5.38. The molecule has 0 spiro atoms. The Morgan fingerprint density at radius 3 is 1.86 bits per heavy atom. The minimum Gasteiger partial charge on any atom is -0.333 e. The lowest BCUT2D eigenvalue weighted by Gasteiger charge is -2.51. The van der Waals surface area contributed by atoms with Gasteiger partial charge in [-0.15, -0.1) is 0 Å². The fourth-order valence-electron chi connectivity index (χ4n) is 11.2. The maximum Gasteiger partial charge on any atom is 0.247 e. The highest BCUT2D eigenvalue weighted by Gasteiger charge is 2.50. The van der Waals surface area contributed by atoms with Crippen LogP contribution < -0.4 is 15.3 Å². The van der Waals surface area contributed by atoms with Gasteiger partial charge in [0.2, 0.25) is 6.71 Å². The number of fused-ring (bicyclic) bond motifs is 6. The molecule has 10 rings (SSSR count). The summed E-state index contributed by atoms with van der Waals surface area (Å²) in [6.45, 7) is 31.1. The molecule has 63 heavy (non-hydrogen) atoms. The Hall–Kier alpha value is -5.22. The van der Waals surface area contributed by atoms with Crippen molar-refractivity contribution < 1.29 is 0 Å². The summed E-state index contributed by atoms with van der Waals surface area (Å²) in [7, 11) is 0. The molecule has 0 saturated carbocycles. The van der Waals surface area contributed by atoms with E-state index in [1.807, 2.05) is 0 Å². The van der Waals surface area contributed by atoms with Crippen molar-refractivity contribution in [2.75, 3.05) is 9.80 Å². The molecule has 1 aromatic heterocycles. The molecule has 0 N–H and O–H groups in total. The van der Waals surface area contributed by atoms with Crippen molar-refractivity contribution in [3.05, 3.63) is 172 Å². The second kappa shape index (κ2) is 14.1. The summed E-state index contributed by atoms with van der Waals surface area (Å²) in [6.07, 6.45) is 18.2. The van der Waals surface area contributed by atoms with E-state index in [0.29, 0.717) is 5.92 Å². The standard InChI is InChI=1S/C59H68BN3/c1-55(2,3)38-22-26-41(27-23-38)61-50-28-24-39(56(4,5)6)34-46(50)60-47-35-40(57(7,8)9)25-29-51(47)62(42-30-32-59(13,33-31-42)58(10,11)12)53-37-43(36-52(61)54(53)60)63-48-20-16-14-18-44(48)45-19-15-17-21-49(45)63/h14-32,35-36,39,43H,33-34,37H2,1-13H3. The molecule has 0 bridgehead atoms. The van der Waals surface area contributed by atoms with Crippen molar-refractivity contribution in [3.8, 4) is 0 Å². The van der Waals surface area contributed by atoms with Crippen LogP contribution in [-0.2, 0) is 10.8 Å². The zero-order valence-electron chi connectivity index (χ0n) is 40.3. The van der Waals surface area contributed by atoms with Crippen LogP contribution in [-0.4, -0.2) is 11.3 Å². The summed E-state index contributed by atoms with van der Waals surface area (Å²) < 4.78 is 2.66. The lowest BCUT2D eigenvalue weighted by Crippen LogP contribution is -2.54. The molecule has 3 aliphatic carbocycles. The third-order valence-corrected chi connectivity index (χ3v) is 15.8. The Balaban J connectivity index is 1.29. The normalized spacial score (nSPS) is 22.7. The minimum absolute atomic E-state index is 0.00698. The average Bonchev–Trinajstić information content (AvgIpc) is 3.56. The second-order valence-electron chi connectivity index (χ2n) is 23.8. The molecule has 3 atom stereocenters. The van der Waals surface area contributed by atoms with Crippen LogP contribution in [0.1, 0.15) is 126 Å². The van der Waals surface area contributed by atoms with Gasteiger partial charge in [0, 0.05) is 62.4 Å². The second-order valence-corrected chi connectivity index (χ2v) is 23.8. The van der Waals surface area contributed by atoms with E-state index in [1.165, 1.54) is 78.0 Å². The Kier molecular flexibility index (Phi) is 9.38. The molecule has 0 amide bonds. The quantitative estimate of drug-likeness (QED) is 0.168. The molecule has 3 nitrogen and oxygen atoms in total. The lowest BCUT2D eigenvalue weighted by atomic mass is 9.30. The molecule has 0 fully saturated rings. The van der Waals surface area contributed by atoms with E-state index in [9.17, 15) is 0 Å². The molecular formula is C59H68BN3. The maximum atomic E-state index is 2.71. The fourth-order valence-corrected chi connectivity index (χ4v) is 11.2. The fraction of sp³-hybridized carbons (Fsp3) is 0.390. The van der Waals surface area contributed by atoms with Crippen LogP contribution in [0.5, 0.6) is 0 Å². The highest BCUT2D eigenvalue weighted by Crippen LogP contribution is 2.54. The van der Waals surface area contributed by atoms with Gasteiger partial charge >= 0.3 is 0 Å². The molecular weight excluding hydrogens is 761 g/mol. The van der Waals surface area contributed by atoms with Crippen LogP contribution in [0.3, 0.4) is 0 Å². The van der Waals surface area contributed by atoms with Gasteiger partial charge in [0.05, 0.1) is 6.04 Å². The van der Waals surface area contributed by atoms with Gasteiger partial charge in [-0.25, -0.2) is 0 Å². The van der Waals surface area contributed by atoms with Gasteiger partial charge in [-0.2, -0.15) is 0 Å². The Morgan fingerprint density at radius 2 is 1.29 bits per heavy atom. The number of allylic oxidation sites excluding steroid dienone is 9. The number of para-hydroxylation sites is 2. The van der Waals surface area contributed by atoms with Crippen LogP contribution >= 0.6 is 0 Å². The maximum absolute atomic E-state index is 2.71. The van der Waals surface area contributed by atoms with Gasteiger partial charge in [0.1, 0.15) is 0 Å². The molecule has 0 saturated heterocycles. The van der Waals surface area contributed by atoms with Crippen LogP contribution in [0.4, 0.5) is 11.4 Å². The minimum atomic E-state index is 0.00698. The first-order valence-electron chi connectivity index (χ1n) is 23.7. The SMILES string of the molecule is CC(C)(C)c1ccc(N2C3=CC(n4c5ccccc5c5ccccc54)CC4=C3B(C3=C2C=CC(C(C)(C)C)C3)c2cc(C(C)(C)C)ccc2N4C2=CCC(C)(C(C)(C)C)C=C2)cc1. The Morgan fingerprint density at radius 1 is 0.667 bits per heavy atom. The van der Waals surface area contributed by atoms with Crippen molar-refractivity contribution in [1.82, 2.24) is 4.57 Å². The first-order valence-corrected chi connectivity index (χ1v) is 23.7. The van der Waals surface area contributed by atoms with E-state index < -0.39 is 0 Å². The summed E-state index contributed by atoms with van der Waals surface area (Å²) in [6, 6.07) is 35.2. The van der Waals surface area contributed by atoms with Crippen molar-refractivity contribution >= 4 is 45.4 Å². The molecule has 3 unspecified atom stereocenters. The number of benzene rings is 4. The van der Waals surface area contributed by atoms with E-state index in [-0.39, 0.29) is 39.8 Å². The van der Waals surface area contributed by atoms with Crippen molar-refractivity contribution in [2.24, 2.45) is 22.2 Å². The topological polar surface area (TPSA) is 11.4 Å². The van der Waals surface area contributed by atoms with Gasteiger partial charge in [0.15, 0.2) is 0 Å². The summed E-state index contributed by atoms with van der Waals surface area (Å²) >= 11 is 0. The van der Waals surface area contributed by atoms with E-state index in [2.05, 4.69) is 232 Å². The molecule has 322 valence electrons. The smallest absolute Gasteiger partial charge is 0.247 e. The molecule has 2 aliphatic heterocycles. The number of hydrogen-bond acceptors (Lipinski definition) is 2.